The maximum atomic E-state index is 11.5. The number of aromatic nitrogens is 2. The van der Waals surface area contributed by atoms with Crippen molar-refractivity contribution < 1.29 is 9.53 Å². The largest absolute Gasteiger partial charge is 0.467 e. The lowest BCUT2D eigenvalue weighted by atomic mass is 10.1. The van der Waals surface area contributed by atoms with Gasteiger partial charge >= 0.3 is 6.01 Å². The number of nitrogens with one attached hydrogen (secondary N) is 1. The van der Waals surface area contributed by atoms with Crippen LogP contribution in [0.25, 0.3) is 10.9 Å². The topological polar surface area (TPSA) is 67.4 Å². The Balaban J connectivity index is 2.54. The normalized spacial score (nSPS) is 10.7. The van der Waals surface area contributed by atoms with Crippen molar-refractivity contribution in [3.63, 3.8) is 0 Å². The molecule has 0 aliphatic heterocycles. The van der Waals surface area contributed by atoms with Crippen molar-refractivity contribution in [1.29, 1.82) is 0 Å². The van der Waals surface area contributed by atoms with E-state index in [1.165, 1.54) is 6.08 Å². The molecule has 1 N–H and O–H groups in total. The third-order valence-electron chi connectivity index (χ3n) is 3.56. The molecular formula is C18H24N4O2. The van der Waals surface area contributed by atoms with Gasteiger partial charge in [0, 0.05) is 24.2 Å². The number of hydrogen-bond donors (Lipinski definition) is 1. The number of rotatable bonds is 7. The Hall–Kier alpha value is -2.63. The van der Waals surface area contributed by atoms with E-state index in [1.807, 2.05) is 18.2 Å². The van der Waals surface area contributed by atoms with E-state index in [4.69, 9.17) is 4.74 Å². The lowest BCUT2D eigenvalue weighted by molar-refractivity contribution is -0.111. The maximum absolute atomic E-state index is 11.5. The summed E-state index contributed by atoms with van der Waals surface area (Å²) in [7, 11) is 1.55. The molecule has 24 heavy (non-hydrogen) atoms. The number of amides is 1. The lowest BCUT2D eigenvalue weighted by Crippen LogP contribution is -2.28. The Morgan fingerprint density at radius 3 is 2.75 bits per heavy atom. The summed E-state index contributed by atoms with van der Waals surface area (Å²) < 4.78 is 5.25. The number of fused-ring (bicyclic) bond motifs is 1. The van der Waals surface area contributed by atoms with Crippen LogP contribution in [-0.2, 0) is 4.79 Å². The second kappa shape index (κ2) is 7.77. The minimum Gasteiger partial charge on any atom is -0.467 e. The van der Waals surface area contributed by atoms with E-state index in [0.717, 1.165) is 29.8 Å². The zero-order valence-electron chi connectivity index (χ0n) is 14.7. The fraction of sp³-hybridized carbons (Fsp3) is 0.389. The monoisotopic (exact) mass is 328 g/mol. The highest BCUT2D eigenvalue weighted by molar-refractivity contribution is 6.01. The highest BCUT2D eigenvalue weighted by Crippen LogP contribution is 2.28. The summed E-state index contributed by atoms with van der Waals surface area (Å²) in [4.78, 5) is 22.6. The van der Waals surface area contributed by atoms with Gasteiger partial charge in [-0.1, -0.05) is 20.4 Å². The molecule has 0 radical (unpaired) electrons. The molecule has 0 bridgehead atoms. The highest BCUT2D eigenvalue weighted by Gasteiger charge is 2.15. The van der Waals surface area contributed by atoms with Gasteiger partial charge in [-0.15, -0.1) is 0 Å². The first-order valence-corrected chi connectivity index (χ1v) is 8.02. The lowest BCUT2D eigenvalue weighted by Gasteiger charge is -2.25. The summed E-state index contributed by atoms with van der Waals surface area (Å²) in [6, 6.07) is 5.89. The summed E-state index contributed by atoms with van der Waals surface area (Å²) in [6.07, 6.45) is 1.23. The molecule has 0 saturated carbocycles. The number of carbonyl (C=O) groups is 1. The van der Waals surface area contributed by atoms with E-state index in [0.29, 0.717) is 17.6 Å². The van der Waals surface area contributed by atoms with Crippen LogP contribution in [0, 0.1) is 5.92 Å². The maximum Gasteiger partial charge on any atom is 0.318 e. The van der Waals surface area contributed by atoms with Crippen molar-refractivity contribution >= 4 is 28.3 Å². The molecule has 0 aliphatic rings. The standard InChI is InChI=1S/C18H24N4O2/c1-6-16(23)19-13-8-9-14-15(10-13)20-18(24-5)21-17(14)22(7-2)11-12(3)4/h6,8-10,12H,1,7,11H2,2-5H3,(H,19,23). The first kappa shape index (κ1) is 17.7. The van der Waals surface area contributed by atoms with Gasteiger partial charge in [-0.2, -0.15) is 9.97 Å². The van der Waals surface area contributed by atoms with Crippen LogP contribution in [0.5, 0.6) is 6.01 Å². The third kappa shape index (κ3) is 4.01. The molecule has 1 aromatic carbocycles. The molecule has 128 valence electrons. The number of nitrogens with zero attached hydrogens (tertiary/aromatic N) is 3. The number of anilines is 2. The molecule has 0 unspecified atom stereocenters. The van der Waals surface area contributed by atoms with Crippen LogP contribution >= 0.6 is 0 Å². The predicted molar refractivity (Wildman–Crippen MR) is 97.6 cm³/mol. The van der Waals surface area contributed by atoms with E-state index in [9.17, 15) is 4.79 Å². The second-order valence-electron chi connectivity index (χ2n) is 5.89. The quantitative estimate of drug-likeness (QED) is 0.790. The number of benzene rings is 1. The van der Waals surface area contributed by atoms with Gasteiger partial charge in [-0.3, -0.25) is 4.79 Å². The number of hydrogen-bond acceptors (Lipinski definition) is 5. The summed E-state index contributed by atoms with van der Waals surface area (Å²) in [5, 5.41) is 3.67. The Labute approximate surface area is 142 Å². The molecule has 6 heteroatoms. The van der Waals surface area contributed by atoms with Gasteiger partial charge in [0.15, 0.2) is 0 Å². The van der Waals surface area contributed by atoms with E-state index in [2.05, 4.69) is 47.5 Å². The van der Waals surface area contributed by atoms with Crippen LogP contribution in [0.2, 0.25) is 0 Å². The minimum atomic E-state index is -0.259. The van der Waals surface area contributed by atoms with Crippen molar-refractivity contribution in [2.45, 2.75) is 20.8 Å². The van der Waals surface area contributed by atoms with Crippen LogP contribution in [0.1, 0.15) is 20.8 Å². The van der Waals surface area contributed by atoms with E-state index in [1.54, 1.807) is 7.11 Å². The molecule has 0 atom stereocenters. The Kier molecular flexibility index (Phi) is 5.73. The summed E-state index contributed by atoms with van der Waals surface area (Å²) in [6.45, 7) is 11.6. The average molecular weight is 328 g/mol. The molecule has 2 rings (SSSR count). The number of ether oxygens (including phenoxy) is 1. The minimum absolute atomic E-state index is 0.259. The Morgan fingerprint density at radius 2 is 2.17 bits per heavy atom. The van der Waals surface area contributed by atoms with Crippen molar-refractivity contribution in [2.24, 2.45) is 5.92 Å². The first-order valence-electron chi connectivity index (χ1n) is 8.02. The molecule has 0 saturated heterocycles. The second-order valence-corrected chi connectivity index (χ2v) is 5.89. The highest BCUT2D eigenvalue weighted by atomic mass is 16.5. The van der Waals surface area contributed by atoms with E-state index in [-0.39, 0.29) is 5.91 Å². The molecule has 1 heterocycles. The van der Waals surface area contributed by atoms with Gasteiger partial charge in [0.05, 0.1) is 12.6 Å². The number of methoxy groups -OCH3 is 1. The SMILES string of the molecule is C=CC(=O)Nc1ccc2c(N(CC)CC(C)C)nc(OC)nc2c1. The van der Waals surface area contributed by atoms with E-state index >= 15 is 0 Å². The summed E-state index contributed by atoms with van der Waals surface area (Å²) in [5.41, 5.74) is 1.38. The molecule has 6 nitrogen and oxygen atoms in total. The van der Waals surface area contributed by atoms with Crippen LogP contribution < -0.4 is 15.0 Å². The molecule has 2 aromatic rings. The van der Waals surface area contributed by atoms with Gasteiger partial charge in [0.2, 0.25) is 5.91 Å². The summed E-state index contributed by atoms with van der Waals surface area (Å²) in [5.74, 6) is 1.09. The van der Waals surface area contributed by atoms with Gasteiger partial charge in [0.1, 0.15) is 5.82 Å². The predicted octanol–water partition coefficient (Wildman–Crippen LogP) is 3.25. The fourth-order valence-electron chi connectivity index (χ4n) is 2.50. The zero-order valence-corrected chi connectivity index (χ0v) is 14.7. The third-order valence-corrected chi connectivity index (χ3v) is 3.56. The van der Waals surface area contributed by atoms with Crippen LogP contribution in [0.3, 0.4) is 0 Å². The first-order chi connectivity index (χ1) is 11.5. The van der Waals surface area contributed by atoms with E-state index < -0.39 is 0 Å². The summed E-state index contributed by atoms with van der Waals surface area (Å²) >= 11 is 0. The van der Waals surface area contributed by atoms with Crippen LogP contribution in [0.4, 0.5) is 11.5 Å². The fourth-order valence-corrected chi connectivity index (χ4v) is 2.50. The van der Waals surface area contributed by atoms with Gasteiger partial charge in [-0.25, -0.2) is 0 Å². The zero-order chi connectivity index (χ0) is 17.7. The van der Waals surface area contributed by atoms with Crippen molar-refractivity contribution in [3.05, 3.63) is 30.9 Å². The van der Waals surface area contributed by atoms with Gasteiger partial charge in [0.25, 0.3) is 0 Å². The van der Waals surface area contributed by atoms with Crippen molar-refractivity contribution in [1.82, 2.24) is 9.97 Å². The van der Waals surface area contributed by atoms with Crippen molar-refractivity contribution in [2.75, 3.05) is 30.4 Å². The molecule has 0 aliphatic carbocycles. The Morgan fingerprint density at radius 1 is 1.42 bits per heavy atom. The van der Waals surface area contributed by atoms with Gasteiger partial charge < -0.3 is 15.0 Å². The molecule has 0 fully saturated rings. The number of carbonyl (C=O) groups excluding carboxylic acids is 1. The molecule has 1 aromatic heterocycles. The molecule has 1 amide bonds. The van der Waals surface area contributed by atoms with Crippen LogP contribution in [-0.4, -0.2) is 36.1 Å². The van der Waals surface area contributed by atoms with Crippen LogP contribution in [0.15, 0.2) is 30.9 Å². The average Bonchev–Trinajstić information content (AvgIpc) is 2.58. The van der Waals surface area contributed by atoms with Crippen molar-refractivity contribution in [3.8, 4) is 6.01 Å². The Bertz CT molecular complexity index is 743. The molecule has 0 spiro atoms. The smallest absolute Gasteiger partial charge is 0.318 e. The molecular weight excluding hydrogens is 304 g/mol. The van der Waals surface area contributed by atoms with Gasteiger partial charge in [-0.05, 0) is 37.1 Å².